The van der Waals surface area contributed by atoms with Gasteiger partial charge in [0, 0.05) is 24.1 Å². The van der Waals surface area contributed by atoms with Gasteiger partial charge in [0.25, 0.3) is 0 Å². The van der Waals surface area contributed by atoms with Gasteiger partial charge in [0.2, 0.25) is 5.91 Å². The van der Waals surface area contributed by atoms with Crippen LogP contribution in [0.5, 0.6) is 0 Å². The molecule has 2 rings (SSSR count). The maximum Gasteiger partial charge on any atom is 0.228 e. The molecule has 0 saturated carbocycles. The summed E-state index contributed by atoms with van der Waals surface area (Å²) in [6.45, 7) is 0. The molecular formula is C15H14BrFN2O. The molecule has 0 fully saturated rings. The molecule has 0 unspecified atom stereocenters. The Kier molecular flexibility index (Phi) is 4.84. The van der Waals surface area contributed by atoms with Gasteiger partial charge in [-0.2, -0.15) is 0 Å². The van der Waals surface area contributed by atoms with Gasteiger partial charge >= 0.3 is 0 Å². The average molecular weight is 337 g/mol. The Bertz CT molecular complexity index is 618. The topological polar surface area (TPSA) is 33.2 Å². The second kappa shape index (κ2) is 6.61. The molecule has 0 bridgehead atoms. The number of hydrogen-bond acceptors (Lipinski definition) is 2. The first kappa shape index (κ1) is 14.7. The smallest absolute Gasteiger partial charge is 0.228 e. The molecule has 104 valence electrons. The minimum absolute atomic E-state index is 0.0557. The summed E-state index contributed by atoms with van der Waals surface area (Å²) in [5.41, 5.74) is 0.814. The van der Waals surface area contributed by atoms with Gasteiger partial charge in [0.05, 0.1) is 0 Å². The third-order valence-electron chi connectivity index (χ3n) is 2.94. The van der Waals surface area contributed by atoms with E-state index in [0.717, 1.165) is 10.0 Å². The standard InChI is InChI=1S/C15H14BrFN2O/c1-19(14-10-12(16)7-8-18-14)15(20)6-5-11-3-2-4-13(17)9-11/h2-4,7-10H,5-6H2,1H3. The van der Waals surface area contributed by atoms with Crippen LogP contribution in [0.25, 0.3) is 0 Å². The van der Waals surface area contributed by atoms with Crippen molar-refractivity contribution in [3.05, 3.63) is 58.4 Å². The third-order valence-corrected chi connectivity index (χ3v) is 3.44. The lowest BCUT2D eigenvalue weighted by molar-refractivity contribution is -0.118. The Morgan fingerprint density at radius 3 is 2.85 bits per heavy atom. The monoisotopic (exact) mass is 336 g/mol. The van der Waals surface area contributed by atoms with Gasteiger partial charge in [-0.25, -0.2) is 9.37 Å². The predicted octanol–water partition coefficient (Wildman–Crippen LogP) is 3.58. The first-order valence-corrected chi connectivity index (χ1v) is 6.98. The van der Waals surface area contributed by atoms with Gasteiger partial charge < -0.3 is 0 Å². The first-order chi connectivity index (χ1) is 9.56. The van der Waals surface area contributed by atoms with E-state index in [9.17, 15) is 9.18 Å². The Hall–Kier alpha value is -1.75. The number of nitrogens with zero attached hydrogens (tertiary/aromatic N) is 2. The van der Waals surface area contributed by atoms with Crippen molar-refractivity contribution >= 4 is 27.7 Å². The number of carbonyl (C=O) groups is 1. The van der Waals surface area contributed by atoms with E-state index in [1.807, 2.05) is 6.07 Å². The molecule has 0 aliphatic heterocycles. The Morgan fingerprint density at radius 2 is 2.15 bits per heavy atom. The summed E-state index contributed by atoms with van der Waals surface area (Å²) in [6, 6.07) is 9.88. The van der Waals surface area contributed by atoms with Crippen LogP contribution in [0.3, 0.4) is 0 Å². The second-order valence-electron chi connectivity index (χ2n) is 4.41. The summed E-state index contributed by atoms with van der Waals surface area (Å²) in [5.74, 6) is 0.250. The van der Waals surface area contributed by atoms with E-state index in [-0.39, 0.29) is 11.7 Å². The predicted molar refractivity (Wildman–Crippen MR) is 80.1 cm³/mol. The van der Waals surface area contributed by atoms with Gasteiger partial charge in [-0.05, 0) is 36.2 Å². The van der Waals surface area contributed by atoms with Crippen LogP contribution >= 0.6 is 15.9 Å². The molecule has 0 spiro atoms. The molecule has 20 heavy (non-hydrogen) atoms. The number of rotatable bonds is 4. The van der Waals surface area contributed by atoms with Gasteiger partial charge in [0.1, 0.15) is 11.6 Å². The van der Waals surface area contributed by atoms with Crippen molar-refractivity contribution in [2.45, 2.75) is 12.8 Å². The number of amides is 1. The molecule has 1 heterocycles. The van der Waals surface area contributed by atoms with E-state index in [0.29, 0.717) is 18.7 Å². The molecule has 0 aliphatic carbocycles. The summed E-state index contributed by atoms with van der Waals surface area (Å²) in [5, 5.41) is 0. The first-order valence-electron chi connectivity index (χ1n) is 6.19. The van der Waals surface area contributed by atoms with Crippen LogP contribution in [0, 0.1) is 5.82 Å². The summed E-state index contributed by atoms with van der Waals surface area (Å²) in [7, 11) is 1.68. The summed E-state index contributed by atoms with van der Waals surface area (Å²) < 4.78 is 13.9. The number of pyridine rings is 1. The lowest BCUT2D eigenvalue weighted by Gasteiger charge is -2.16. The van der Waals surface area contributed by atoms with E-state index in [1.54, 1.807) is 31.4 Å². The van der Waals surface area contributed by atoms with Crippen LogP contribution < -0.4 is 4.90 Å². The summed E-state index contributed by atoms with van der Waals surface area (Å²) in [6.07, 6.45) is 2.46. The molecule has 1 aromatic heterocycles. The fraction of sp³-hybridized carbons (Fsp3) is 0.200. The summed E-state index contributed by atoms with van der Waals surface area (Å²) >= 11 is 3.34. The van der Waals surface area contributed by atoms with Crippen molar-refractivity contribution in [1.29, 1.82) is 0 Å². The molecule has 5 heteroatoms. The number of hydrogen-bond donors (Lipinski definition) is 0. The Balaban J connectivity index is 1.98. The zero-order valence-corrected chi connectivity index (χ0v) is 12.6. The fourth-order valence-corrected chi connectivity index (χ4v) is 2.14. The Morgan fingerprint density at radius 1 is 1.35 bits per heavy atom. The number of benzene rings is 1. The van der Waals surface area contributed by atoms with Crippen molar-refractivity contribution in [2.75, 3.05) is 11.9 Å². The van der Waals surface area contributed by atoms with Crippen LogP contribution in [-0.4, -0.2) is 17.9 Å². The quantitative estimate of drug-likeness (QED) is 0.854. The maximum atomic E-state index is 13.0. The lowest BCUT2D eigenvalue weighted by Crippen LogP contribution is -2.27. The molecule has 0 N–H and O–H groups in total. The normalized spacial score (nSPS) is 10.3. The van der Waals surface area contributed by atoms with Crippen LogP contribution in [0.15, 0.2) is 47.1 Å². The lowest BCUT2D eigenvalue weighted by atomic mass is 10.1. The van der Waals surface area contributed by atoms with E-state index >= 15 is 0 Å². The molecular weight excluding hydrogens is 323 g/mol. The molecule has 2 aromatic rings. The fourth-order valence-electron chi connectivity index (χ4n) is 1.82. The summed E-state index contributed by atoms with van der Waals surface area (Å²) in [4.78, 5) is 17.7. The van der Waals surface area contributed by atoms with Crippen molar-refractivity contribution in [1.82, 2.24) is 4.98 Å². The van der Waals surface area contributed by atoms with Gasteiger partial charge in [-0.3, -0.25) is 9.69 Å². The van der Waals surface area contributed by atoms with Crippen LogP contribution in [0.1, 0.15) is 12.0 Å². The molecule has 1 amide bonds. The minimum Gasteiger partial charge on any atom is -0.300 e. The molecule has 0 radical (unpaired) electrons. The number of aromatic nitrogens is 1. The van der Waals surface area contributed by atoms with Crippen molar-refractivity contribution in [2.24, 2.45) is 0 Å². The maximum absolute atomic E-state index is 13.0. The third kappa shape index (κ3) is 3.87. The van der Waals surface area contributed by atoms with Crippen LogP contribution in [0.2, 0.25) is 0 Å². The molecule has 0 atom stereocenters. The highest BCUT2D eigenvalue weighted by Crippen LogP contribution is 2.17. The van der Waals surface area contributed by atoms with Gasteiger partial charge in [-0.1, -0.05) is 28.1 Å². The highest BCUT2D eigenvalue weighted by Gasteiger charge is 2.12. The second-order valence-corrected chi connectivity index (χ2v) is 5.33. The average Bonchev–Trinajstić information content (AvgIpc) is 2.44. The zero-order chi connectivity index (χ0) is 14.5. The Labute approximate surface area is 125 Å². The molecule has 3 nitrogen and oxygen atoms in total. The van der Waals surface area contributed by atoms with Crippen molar-refractivity contribution in [3.8, 4) is 0 Å². The van der Waals surface area contributed by atoms with Crippen molar-refractivity contribution < 1.29 is 9.18 Å². The molecule has 0 saturated heterocycles. The number of anilines is 1. The molecule has 1 aromatic carbocycles. The van der Waals surface area contributed by atoms with E-state index in [1.165, 1.54) is 17.0 Å². The van der Waals surface area contributed by atoms with E-state index in [2.05, 4.69) is 20.9 Å². The van der Waals surface area contributed by atoms with Gasteiger partial charge in [0.15, 0.2) is 0 Å². The highest BCUT2D eigenvalue weighted by atomic mass is 79.9. The van der Waals surface area contributed by atoms with E-state index in [4.69, 9.17) is 0 Å². The zero-order valence-electron chi connectivity index (χ0n) is 11.0. The number of carbonyl (C=O) groups excluding carboxylic acids is 1. The van der Waals surface area contributed by atoms with Crippen LogP contribution in [0.4, 0.5) is 10.2 Å². The van der Waals surface area contributed by atoms with Gasteiger partial charge in [-0.15, -0.1) is 0 Å². The SMILES string of the molecule is CN(C(=O)CCc1cccc(F)c1)c1cc(Br)ccn1. The largest absolute Gasteiger partial charge is 0.300 e. The van der Waals surface area contributed by atoms with Crippen molar-refractivity contribution in [3.63, 3.8) is 0 Å². The highest BCUT2D eigenvalue weighted by molar-refractivity contribution is 9.10. The number of halogens is 2. The van der Waals surface area contributed by atoms with E-state index < -0.39 is 0 Å². The van der Waals surface area contributed by atoms with Crippen LogP contribution in [-0.2, 0) is 11.2 Å². The molecule has 0 aliphatic rings. The minimum atomic E-state index is -0.281. The number of aryl methyl sites for hydroxylation is 1.